The van der Waals surface area contributed by atoms with Gasteiger partial charge in [-0.15, -0.1) is 0 Å². The number of nitrogens with zero attached hydrogens (tertiary/aromatic N) is 1. The van der Waals surface area contributed by atoms with Gasteiger partial charge in [-0.05, 0) is 12.8 Å². The molecule has 1 fully saturated rings. The van der Waals surface area contributed by atoms with E-state index in [-0.39, 0.29) is 31.5 Å². The Kier molecular flexibility index (Phi) is 6.45. The highest BCUT2D eigenvalue weighted by molar-refractivity contribution is 5.78. The number of hydrogen-bond acceptors (Lipinski definition) is 4. The summed E-state index contributed by atoms with van der Waals surface area (Å²) in [6, 6.07) is -0.370. The molecule has 0 spiro atoms. The van der Waals surface area contributed by atoms with Gasteiger partial charge in [-0.3, -0.25) is 9.59 Å². The molecule has 0 atom stereocenters. The number of esters is 1. The second-order valence-corrected chi connectivity index (χ2v) is 5.55. The molecule has 7 heteroatoms. The van der Waals surface area contributed by atoms with Crippen molar-refractivity contribution in [2.45, 2.75) is 38.5 Å². The Morgan fingerprint density at radius 1 is 1.24 bits per heavy atom. The molecular weight excluding hydrogens is 276 g/mol. The zero-order valence-electron chi connectivity index (χ0n) is 12.7. The molecule has 0 aromatic carbocycles. The summed E-state index contributed by atoms with van der Waals surface area (Å²) < 4.78 is 4.51. The van der Waals surface area contributed by atoms with Gasteiger partial charge in [0, 0.05) is 20.1 Å². The van der Waals surface area contributed by atoms with E-state index in [0.29, 0.717) is 12.8 Å². The molecule has 1 saturated carbocycles. The average molecular weight is 300 g/mol. The third kappa shape index (κ3) is 4.91. The van der Waals surface area contributed by atoms with Crippen LogP contribution in [0, 0.1) is 5.41 Å². The average Bonchev–Trinajstić information content (AvgIpc) is 2.50. The number of amides is 2. The number of nitrogens with one attached hydrogen (secondary N) is 1. The van der Waals surface area contributed by atoms with Gasteiger partial charge in [0.1, 0.15) is 0 Å². The molecule has 0 radical (unpaired) electrons. The first-order valence-electron chi connectivity index (χ1n) is 7.20. The predicted octanol–water partition coefficient (Wildman–Crippen LogP) is 1.23. The lowest BCUT2D eigenvalue weighted by Crippen LogP contribution is -2.47. The van der Waals surface area contributed by atoms with Crippen LogP contribution in [0.25, 0.3) is 0 Å². The summed E-state index contributed by atoms with van der Waals surface area (Å²) in [4.78, 5) is 35.8. The summed E-state index contributed by atoms with van der Waals surface area (Å²) in [5.41, 5.74) is -0.850. The summed E-state index contributed by atoms with van der Waals surface area (Å²) >= 11 is 0. The van der Waals surface area contributed by atoms with Crippen molar-refractivity contribution in [3.63, 3.8) is 0 Å². The number of carbonyl (C=O) groups excluding carboxylic acids is 2. The molecule has 2 amide bonds. The Hall–Kier alpha value is -1.79. The highest BCUT2D eigenvalue weighted by Crippen LogP contribution is 2.36. The van der Waals surface area contributed by atoms with Gasteiger partial charge in [-0.25, -0.2) is 4.79 Å². The molecule has 0 heterocycles. The Balaban J connectivity index is 2.46. The number of rotatable bonds is 6. The van der Waals surface area contributed by atoms with Gasteiger partial charge in [0.25, 0.3) is 0 Å². The highest BCUT2D eigenvalue weighted by Gasteiger charge is 2.39. The first-order valence-corrected chi connectivity index (χ1v) is 7.20. The van der Waals surface area contributed by atoms with Crippen LogP contribution in [0.3, 0.4) is 0 Å². The minimum Gasteiger partial charge on any atom is -0.481 e. The molecule has 0 aliphatic heterocycles. The highest BCUT2D eigenvalue weighted by atomic mass is 16.5. The zero-order chi connectivity index (χ0) is 15.9. The number of carboxylic acids is 1. The number of ether oxygens (including phenoxy) is 1. The number of urea groups is 1. The minimum absolute atomic E-state index is 0.116. The number of hydrogen-bond donors (Lipinski definition) is 2. The smallest absolute Gasteiger partial charge is 0.317 e. The molecular formula is C14H24N2O5. The van der Waals surface area contributed by atoms with Crippen molar-refractivity contribution >= 4 is 18.0 Å². The van der Waals surface area contributed by atoms with E-state index in [1.54, 1.807) is 7.05 Å². The Labute approximate surface area is 124 Å². The molecule has 0 aromatic rings. The molecule has 0 unspecified atom stereocenters. The van der Waals surface area contributed by atoms with Crippen LogP contribution in [0.5, 0.6) is 0 Å². The van der Waals surface area contributed by atoms with Gasteiger partial charge in [0.05, 0.1) is 18.9 Å². The van der Waals surface area contributed by atoms with Crippen LogP contribution in [0.4, 0.5) is 4.79 Å². The SMILES string of the molecule is COC(=O)CCN(C)C(=O)NCC1(C(=O)O)CCCCC1. The van der Waals surface area contributed by atoms with Gasteiger partial charge in [0.15, 0.2) is 0 Å². The van der Waals surface area contributed by atoms with E-state index in [0.717, 1.165) is 19.3 Å². The Morgan fingerprint density at radius 3 is 2.38 bits per heavy atom. The van der Waals surface area contributed by atoms with E-state index >= 15 is 0 Å². The molecule has 0 bridgehead atoms. The van der Waals surface area contributed by atoms with E-state index in [2.05, 4.69) is 10.1 Å². The first kappa shape index (κ1) is 17.3. The Bertz CT molecular complexity index is 391. The molecule has 1 aliphatic rings. The van der Waals surface area contributed by atoms with Crippen molar-refractivity contribution in [2.24, 2.45) is 5.41 Å². The first-order chi connectivity index (χ1) is 9.91. The number of methoxy groups -OCH3 is 1. The van der Waals surface area contributed by atoms with Crippen molar-refractivity contribution in [3.8, 4) is 0 Å². The van der Waals surface area contributed by atoms with E-state index in [9.17, 15) is 19.5 Å². The largest absolute Gasteiger partial charge is 0.481 e. The van der Waals surface area contributed by atoms with E-state index < -0.39 is 11.4 Å². The predicted molar refractivity (Wildman–Crippen MR) is 75.8 cm³/mol. The van der Waals surface area contributed by atoms with Crippen LogP contribution in [0.2, 0.25) is 0 Å². The third-order valence-electron chi connectivity index (χ3n) is 4.07. The summed E-state index contributed by atoms with van der Waals surface area (Å²) in [6.45, 7) is 0.363. The van der Waals surface area contributed by atoms with E-state index in [4.69, 9.17) is 0 Å². The summed E-state index contributed by atoms with van der Waals surface area (Å²) in [7, 11) is 2.86. The fourth-order valence-electron chi connectivity index (χ4n) is 2.54. The molecule has 0 aromatic heterocycles. The van der Waals surface area contributed by atoms with Crippen molar-refractivity contribution in [2.75, 3.05) is 27.2 Å². The van der Waals surface area contributed by atoms with Crippen LogP contribution in [-0.2, 0) is 14.3 Å². The third-order valence-corrected chi connectivity index (χ3v) is 4.07. The molecule has 21 heavy (non-hydrogen) atoms. The van der Waals surface area contributed by atoms with Gasteiger partial charge in [-0.1, -0.05) is 19.3 Å². The number of carboxylic acid groups (broad SMARTS) is 1. The quantitative estimate of drug-likeness (QED) is 0.719. The summed E-state index contributed by atoms with van der Waals surface area (Å²) in [6.07, 6.45) is 4.09. The normalized spacial score (nSPS) is 16.9. The fourth-order valence-corrected chi connectivity index (χ4v) is 2.54. The second-order valence-electron chi connectivity index (χ2n) is 5.55. The topological polar surface area (TPSA) is 95.9 Å². The fraction of sp³-hybridized carbons (Fsp3) is 0.786. The van der Waals surface area contributed by atoms with Crippen molar-refractivity contribution in [1.29, 1.82) is 0 Å². The van der Waals surface area contributed by atoms with Crippen LogP contribution < -0.4 is 5.32 Å². The van der Waals surface area contributed by atoms with Crippen molar-refractivity contribution in [3.05, 3.63) is 0 Å². The molecule has 7 nitrogen and oxygen atoms in total. The monoisotopic (exact) mass is 300 g/mol. The molecule has 1 aliphatic carbocycles. The standard InChI is InChI=1S/C14H24N2O5/c1-16(9-6-11(17)21-2)13(20)15-10-14(12(18)19)7-4-3-5-8-14/h3-10H2,1-2H3,(H,15,20)(H,18,19). The maximum absolute atomic E-state index is 11.9. The van der Waals surface area contributed by atoms with Gasteiger partial charge in [0.2, 0.25) is 0 Å². The molecule has 1 rings (SSSR count). The summed E-state index contributed by atoms with van der Waals surface area (Å²) in [5.74, 6) is -1.23. The van der Waals surface area contributed by atoms with Crippen LogP contribution in [0.1, 0.15) is 38.5 Å². The van der Waals surface area contributed by atoms with Gasteiger partial charge in [-0.2, -0.15) is 0 Å². The summed E-state index contributed by atoms with van der Waals surface area (Å²) in [5, 5.41) is 12.1. The maximum atomic E-state index is 11.9. The van der Waals surface area contributed by atoms with E-state index in [1.165, 1.54) is 12.0 Å². The van der Waals surface area contributed by atoms with Crippen LogP contribution >= 0.6 is 0 Å². The zero-order valence-corrected chi connectivity index (χ0v) is 12.7. The molecule has 2 N–H and O–H groups in total. The maximum Gasteiger partial charge on any atom is 0.317 e. The van der Waals surface area contributed by atoms with Gasteiger partial charge < -0.3 is 20.1 Å². The lowest BCUT2D eigenvalue weighted by atomic mass is 9.74. The number of carbonyl (C=O) groups is 3. The van der Waals surface area contributed by atoms with Crippen molar-refractivity contribution < 1.29 is 24.2 Å². The lowest BCUT2D eigenvalue weighted by molar-refractivity contribution is -0.150. The van der Waals surface area contributed by atoms with Crippen LogP contribution in [0.15, 0.2) is 0 Å². The Morgan fingerprint density at radius 2 is 1.86 bits per heavy atom. The van der Waals surface area contributed by atoms with Crippen molar-refractivity contribution in [1.82, 2.24) is 10.2 Å². The van der Waals surface area contributed by atoms with Gasteiger partial charge >= 0.3 is 18.0 Å². The second kappa shape index (κ2) is 7.85. The molecule has 120 valence electrons. The minimum atomic E-state index is -0.850. The number of aliphatic carboxylic acids is 1. The molecule has 0 saturated heterocycles. The lowest BCUT2D eigenvalue weighted by Gasteiger charge is -2.33. The van der Waals surface area contributed by atoms with Crippen LogP contribution in [-0.4, -0.2) is 55.2 Å². The van der Waals surface area contributed by atoms with E-state index in [1.807, 2.05) is 0 Å².